The number of benzene rings is 1. The van der Waals surface area contributed by atoms with Crippen LogP contribution in [0.3, 0.4) is 0 Å². The zero-order valence-corrected chi connectivity index (χ0v) is 19.3. The summed E-state index contributed by atoms with van der Waals surface area (Å²) in [7, 11) is 2.93. The zero-order chi connectivity index (χ0) is 24.2. The number of aryl methyl sites for hydroxylation is 1. The molecule has 11 nitrogen and oxygen atoms in total. The van der Waals surface area contributed by atoms with E-state index < -0.39 is 11.2 Å². The molecule has 180 valence electrons. The summed E-state index contributed by atoms with van der Waals surface area (Å²) in [6.07, 6.45) is 2.97. The molecule has 1 fully saturated rings. The number of likely N-dealkylation sites (tertiary alicyclic amines) is 1. The van der Waals surface area contributed by atoms with Gasteiger partial charge < -0.3 is 19.5 Å². The molecule has 3 heterocycles. The Bertz CT molecular complexity index is 1300. The number of fused-ring (bicyclic) bond motifs is 1. The molecule has 1 N–H and O–H groups in total. The third-order valence-corrected chi connectivity index (χ3v) is 6.19. The molecule has 4 rings (SSSR count). The number of imidazole rings is 1. The van der Waals surface area contributed by atoms with Crippen molar-refractivity contribution in [3.05, 3.63) is 57.5 Å². The van der Waals surface area contributed by atoms with Gasteiger partial charge >= 0.3 is 5.69 Å². The van der Waals surface area contributed by atoms with Crippen LogP contribution in [0.4, 0.5) is 0 Å². The molecule has 0 atom stereocenters. The van der Waals surface area contributed by atoms with Crippen molar-refractivity contribution in [2.75, 3.05) is 26.2 Å². The van der Waals surface area contributed by atoms with E-state index >= 15 is 0 Å². The molecule has 1 aromatic carbocycles. The van der Waals surface area contributed by atoms with Crippen LogP contribution in [-0.2, 0) is 30.2 Å². The van der Waals surface area contributed by atoms with E-state index in [1.54, 1.807) is 4.90 Å². The average Bonchev–Trinajstić information content (AvgIpc) is 3.28. The summed E-state index contributed by atoms with van der Waals surface area (Å²) in [6, 6.07) is 9.23. The Labute approximate surface area is 195 Å². The van der Waals surface area contributed by atoms with E-state index in [-0.39, 0.29) is 42.0 Å². The molecule has 0 radical (unpaired) electrons. The SMILES string of the molecule is Cn1c(=O)c2c(ncn2CC(=O)NCC2CCN(C(=O)COc3ccccc3)CC2)n(C)c1=O. The fourth-order valence-electron chi connectivity index (χ4n) is 4.13. The summed E-state index contributed by atoms with van der Waals surface area (Å²) in [4.78, 5) is 55.4. The molecule has 1 aliphatic heterocycles. The molecule has 0 unspecified atom stereocenters. The molecular formula is C23H28N6O5. The number of aromatic nitrogens is 4. The van der Waals surface area contributed by atoms with Gasteiger partial charge in [0.15, 0.2) is 17.8 Å². The van der Waals surface area contributed by atoms with E-state index in [1.165, 1.54) is 29.6 Å². The van der Waals surface area contributed by atoms with Crippen molar-refractivity contribution in [1.29, 1.82) is 0 Å². The van der Waals surface area contributed by atoms with Crippen molar-refractivity contribution in [2.45, 2.75) is 19.4 Å². The molecule has 0 aliphatic carbocycles. The van der Waals surface area contributed by atoms with Gasteiger partial charge in [-0.2, -0.15) is 0 Å². The smallest absolute Gasteiger partial charge is 0.332 e. The number of hydrogen-bond donors (Lipinski definition) is 1. The summed E-state index contributed by atoms with van der Waals surface area (Å²) < 4.78 is 9.28. The molecule has 0 saturated carbocycles. The van der Waals surface area contributed by atoms with Gasteiger partial charge in [0.2, 0.25) is 5.91 Å². The highest BCUT2D eigenvalue weighted by Crippen LogP contribution is 2.17. The minimum Gasteiger partial charge on any atom is -0.484 e. The molecule has 11 heteroatoms. The fourth-order valence-corrected chi connectivity index (χ4v) is 4.13. The van der Waals surface area contributed by atoms with Crippen LogP contribution in [-0.4, -0.2) is 61.6 Å². The second kappa shape index (κ2) is 9.94. The van der Waals surface area contributed by atoms with Crippen LogP contribution >= 0.6 is 0 Å². The molecule has 2 aromatic heterocycles. The van der Waals surface area contributed by atoms with E-state index in [2.05, 4.69) is 10.3 Å². The lowest BCUT2D eigenvalue weighted by atomic mass is 9.97. The molecular weight excluding hydrogens is 440 g/mol. The minimum atomic E-state index is -0.489. The Morgan fingerprint density at radius 1 is 1.09 bits per heavy atom. The van der Waals surface area contributed by atoms with Gasteiger partial charge in [0, 0.05) is 33.7 Å². The van der Waals surface area contributed by atoms with E-state index in [0.717, 1.165) is 17.4 Å². The molecule has 2 amide bonds. The topological polar surface area (TPSA) is 120 Å². The lowest BCUT2D eigenvalue weighted by Gasteiger charge is -2.32. The highest BCUT2D eigenvalue weighted by Gasteiger charge is 2.24. The van der Waals surface area contributed by atoms with Gasteiger partial charge in [0.05, 0.1) is 6.33 Å². The number of carbonyl (C=O) groups is 2. The minimum absolute atomic E-state index is 0.00926. The number of carbonyl (C=O) groups excluding carboxylic acids is 2. The summed E-state index contributed by atoms with van der Waals surface area (Å²) in [6.45, 7) is 1.67. The van der Waals surface area contributed by atoms with E-state index in [0.29, 0.717) is 25.4 Å². The number of nitrogens with one attached hydrogen (secondary N) is 1. The Morgan fingerprint density at radius 2 is 1.79 bits per heavy atom. The second-order valence-electron chi connectivity index (χ2n) is 8.48. The third kappa shape index (κ3) is 4.87. The number of ether oxygens (including phenoxy) is 1. The quantitative estimate of drug-likeness (QED) is 0.516. The van der Waals surface area contributed by atoms with E-state index in [9.17, 15) is 19.2 Å². The number of para-hydroxylation sites is 1. The van der Waals surface area contributed by atoms with Crippen LogP contribution in [0.15, 0.2) is 46.2 Å². The first kappa shape index (κ1) is 23.3. The summed E-state index contributed by atoms with van der Waals surface area (Å²) >= 11 is 0. The number of hydrogen-bond acceptors (Lipinski definition) is 6. The molecule has 1 saturated heterocycles. The van der Waals surface area contributed by atoms with Gasteiger partial charge in [-0.05, 0) is 30.9 Å². The highest BCUT2D eigenvalue weighted by molar-refractivity contribution is 5.79. The average molecular weight is 469 g/mol. The van der Waals surface area contributed by atoms with Crippen LogP contribution in [0.1, 0.15) is 12.8 Å². The van der Waals surface area contributed by atoms with Crippen LogP contribution in [0.25, 0.3) is 11.2 Å². The van der Waals surface area contributed by atoms with Crippen molar-refractivity contribution >= 4 is 23.0 Å². The molecule has 34 heavy (non-hydrogen) atoms. The van der Waals surface area contributed by atoms with Crippen molar-refractivity contribution in [3.8, 4) is 5.75 Å². The largest absolute Gasteiger partial charge is 0.484 e. The normalized spacial score (nSPS) is 14.4. The first-order valence-electron chi connectivity index (χ1n) is 11.2. The van der Waals surface area contributed by atoms with Gasteiger partial charge in [-0.25, -0.2) is 9.78 Å². The first-order valence-corrected chi connectivity index (χ1v) is 11.2. The van der Waals surface area contributed by atoms with Gasteiger partial charge in [-0.1, -0.05) is 18.2 Å². The number of amides is 2. The van der Waals surface area contributed by atoms with Gasteiger partial charge in [0.25, 0.3) is 11.5 Å². The van der Waals surface area contributed by atoms with Crippen molar-refractivity contribution < 1.29 is 14.3 Å². The molecule has 1 aliphatic rings. The third-order valence-electron chi connectivity index (χ3n) is 6.19. The highest BCUT2D eigenvalue weighted by atomic mass is 16.5. The van der Waals surface area contributed by atoms with Gasteiger partial charge in [-0.3, -0.25) is 23.5 Å². The Kier molecular flexibility index (Phi) is 6.80. The van der Waals surface area contributed by atoms with Crippen LogP contribution in [0.2, 0.25) is 0 Å². The first-order chi connectivity index (χ1) is 16.3. The molecule has 0 spiro atoms. The zero-order valence-electron chi connectivity index (χ0n) is 19.3. The van der Waals surface area contributed by atoms with Crippen molar-refractivity contribution in [1.82, 2.24) is 28.9 Å². The molecule has 3 aromatic rings. The predicted octanol–water partition coefficient (Wildman–Crippen LogP) is -0.132. The van der Waals surface area contributed by atoms with Gasteiger partial charge in [0.1, 0.15) is 12.3 Å². The maximum Gasteiger partial charge on any atom is 0.332 e. The van der Waals surface area contributed by atoms with Crippen LogP contribution in [0.5, 0.6) is 5.75 Å². The van der Waals surface area contributed by atoms with E-state index in [4.69, 9.17) is 4.74 Å². The second-order valence-corrected chi connectivity index (χ2v) is 8.48. The van der Waals surface area contributed by atoms with Crippen LogP contribution < -0.4 is 21.3 Å². The lowest BCUT2D eigenvalue weighted by molar-refractivity contribution is -0.135. The Hall–Kier alpha value is -3.89. The molecule has 0 bridgehead atoms. The Balaban J connectivity index is 1.25. The summed E-state index contributed by atoms with van der Waals surface area (Å²) in [5, 5.41) is 2.91. The number of rotatable bonds is 7. The predicted molar refractivity (Wildman–Crippen MR) is 124 cm³/mol. The van der Waals surface area contributed by atoms with Crippen molar-refractivity contribution in [3.63, 3.8) is 0 Å². The summed E-state index contributed by atoms with van der Waals surface area (Å²) in [5.41, 5.74) is -0.501. The summed E-state index contributed by atoms with van der Waals surface area (Å²) in [5.74, 6) is 0.634. The maximum atomic E-state index is 12.5. The lowest BCUT2D eigenvalue weighted by Crippen LogP contribution is -2.43. The van der Waals surface area contributed by atoms with E-state index in [1.807, 2.05) is 30.3 Å². The van der Waals surface area contributed by atoms with Crippen molar-refractivity contribution in [2.24, 2.45) is 20.0 Å². The number of nitrogens with zero attached hydrogens (tertiary/aromatic N) is 5. The maximum absolute atomic E-state index is 12.5. The fraction of sp³-hybridized carbons (Fsp3) is 0.435. The Morgan fingerprint density at radius 3 is 2.50 bits per heavy atom. The standard InChI is InChI=1S/C23H28N6O5/c1-26-21-20(22(32)27(2)23(26)33)29(15-25-21)13-18(30)24-12-16-8-10-28(11-9-16)19(31)14-34-17-6-4-3-5-7-17/h3-7,15-16H,8-14H2,1-2H3,(H,24,30). The monoisotopic (exact) mass is 468 g/mol. The van der Waals surface area contributed by atoms with Crippen LogP contribution in [0, 0.1) is 5.92 Å². The number of piperidine rings is 1. The van der Waals surface area contributed by atoms with Gasteiger partial charge in [-0.15, -0.1) is 0 Å².